The fourth-order valence-corrected chi connectivity index (χ4v) is 4.16. The molecule has 8 nitrogen and oxygen atoms in total. The van der Waals surface area contributed by atoms with Crippen molar-refractivity contribution in [3.63, 3.8) is 0 Å². The second-order valence-electron chi connectivity index (χ2n) is 8.94. The molecule has 2 aliphatic rings. The Balaban J connectivity index is 1.19. The molecule has 5 rings (SSSR count). The third-order valence-electron chi connectivity index (χ3n) is 6.17. The molecule has 0 unspecified atom stereocenters. The molecule has 0 bridgehead atoms. The smallest absolute Gasteiger partial charge is 0.185 e. The largest absolute Gasteiger partial charge is 0.393 e. The highest BCUT2D eigenvalue weighted by atomic mass is 16.7. The van der Waals surface area contributed by atoms with Crippen LogP contribution in [0.25, 0.3) is 11.5 Å². The summed E-state index contributed by atoms with van der Waals surface area (Å²) in [5, 5.41) is 13.5. The van der Waals surface area contributed by atoms with Crippen LogP contribution in [0.2, 0.25) is 0 Å². The van der Waals surface area contributed by atoms with Crippen LogP contribution in [-0.4, -0.2) is 43.8 Å². The molecule has 1 saturated carbocycles. The first-order valence-electron chi connectivity index (χ1n) is 12.0. The zero-order chi connectivity index (χ0) is 24.0. The summed E-state index contributed by atoms with van der Waals surface area (Å²) in [5.74, 6) is 13.4. The van der Waals surface area contributed by atoms with E-state index in [1.807, 2.05) is 35.9 Å². The van der Waals surface area contributed by atoms with E-state index in [9.17, 15) is 5.11 Å². The minimum Gasteiger partial charge on any atom is -0.393 e. The van der Waals surface area contributed by atoms with Crippen molar-refractivity contribution in [3.8, 4) is 35.1 Å². The van der Waals surface area contributed by atoms with Crippen LogP contribution in [-0.2, 0) is 16.0 Å². The van der Waals surface area contributed by atoms with Gasteiger partial charge < -0.3 is 23.7 Å². The average molecular weight is 473 g/mol. The van der Waals surface area contributed by atoms with Crippen molar-refractivity contribution in [2.24, 2.45) is 5.92 Å². The Labute approximate surface area is 204 Å². The van der Waals surface area contributed by atoms with Crippen LogP contribution < -0.4 is 0 Å². The Morgan fingerprint density at radius 2 is 2.14 bits per heavy atom. The maximum Gasteiger partial charge on any atom is 0.185 e. The summed E-state index contributed by atoms with van der Waals surface area (Å²) in [6.07, 6.45) is 9.41. The Morgan fingerprint density at radius 3 is 2.91 bits per heavy atom. The fourth-order valence-electron chi connectivity index (χ4n) is 4.16. The van der Waals surface area contributed by atoms with Crippen LogP contribution in [0.15, 0.2) is 41.3 Å². The summed E-state index contributed by atoms with van der Waals surface area (Å²) in [5.41, 5.74) is 2.22. The quantitative estimate of drug-likeness (QED) is 0.547. The highest BCUT2D eigenvalue weighted by Crippen LogP contribution is 2.26. The zero-order valence-electron chi connectivity index (χ0n) is 19.7. The van der Waals surface area contributed by atoms with Crippen molar-refractivity contribution in [2.75, 3.05) is 6.61 Å². The predicted molar refractivity (Wildman–Crippen MR) is 128 cm³/mol. The summed E-state index contributed by atoms with van der Waals surface area (Å²) >= 11 is 0. The number of pyridine rings is 1. The van der Waals surface area contributed by atoms with Gasteiger partial charge in [0.05, 0.1) is 12.6 Å². The number of aromatic nitrogens is 4. The molecule has 0 aromatic carbocycles. The van der Waals surface area contributed by atoms with Gasteiger partial charge in [-0.2, -0.15) is 0 Å². The molecule has 4 heterocycles. The van der Waals surface area contributed by atoms with E-state index in [1.165, 1.54) is 0 Å². The lowest BCUT2D eigenvalue weighted by molar-refractivity contribution is -0.188. The third-order valence-corrected chi connectivity index (χ3v) is 6.17. The van der Waals surface area contributed by atoms with Crippen molar-refractivity contribution in [3.05, 3.63) is 53.9 Å². The molecule has 3 aromatic rings. The van der Waals surface area contributed by atoms with Gasteiger partial charge in [-0.1, -0.05) is 17.0 Å². The summed E-state index contributed by atoms with van der Waals surface area (Å²) < 4.78 is 19.3. The Bertz CT molecular complexity index is 1250. The lowest BCUT2D eigenvalue weighted by Gasteiger charge is -2.26. The number of hydrogen-bond donors (Lipinski definition) is 1. The number of aliphatic hydroxyl groups excluding tert-OH is 1. The number of rotatable bonds is 6. The normalized spacial score (nSPS) is 22.3. The summed E-state index contributed by atoms with van der Waals surface area (Å²) in [6.45, 7) is 3.25. The molecule has 2 fully saturated rings. The minimum atomic E-state index is -0.198. The molecule has 1 aliphatic heterocycles. The standard InChI is InChI=1S/C27H28N4O4/c1-19(34-26-8-4-5-13-33-26)27-28-11-12-31(27)18-22-16-25(35-30-22)24-10-9-20(17-29-24)6-2-3-7-21-14-23(32)15-21/h9-12,16-17,19,21,23,26,32H,4-5,8,13-15,18H2,1H3/t19-,21?,23?,26-/m0/s1. The molecule has 0 radical (unpaired) electrons. The van der Waals surface area contributed by atoms with Crippen molar-refractivity contribution in [1.29, 1.82) is 0 Å². The monoisotopic (exact) mass is 472 g/mol. The van der Waals surface area contributed by atoms with Crippen molar-refractivity contribution in [1.82, 2.24) is 19.7 Å². The maximum atomic E-state index is 9.29. The van der Waals surface area contributed by atoms with E-state index in [0.29, 0.717) is 18.0 Å². The third kappa shape index (κ3) is 5.98. The molecule has 180 valence electrons. The zero-order valence-corrected chi connectivity index (χ0v) is 19.7. The molecule has 1 N–H and O–H groups in total. The van der Waals surface area contributed by atoms with Crippen LogP contribution >= 0.6 is 0 Å². The Morgan fingerprint density at radius 1 is 1.23 bits per heavy atom. The van der Waals surface area contributed by atoms with Gasteiger partial charge in [-0.3, -0.25) is 4.98 Å². The van der Waals surface area contributed by atoms with Gasteiger partial charge in [-0.15, -0.1) is 0 Å². The first-order valence-corrected chi connectivity index (χ1v) is 12.0. The lowest BCUT2D eigenvalue weighted by atomic mass is 9.83. The summed E-state index contributed by atoms with van der Waals surface area (Å²) in [7, 11) is 0. The van der Waals surface area contributed by atoms with Crippen molar-refractivity contribution >= 4 is 0 Å². The van der Waals surface area contributed by atoms with Crippen molar-refractivity contribution < 1.29 is 19.1 Å². The van der Waals surface area contributed by atoms with Gasteiger partial charge in [-0.05, 0) is 63.0 Å². The van der Waals surface area contributed by atoms with Crippen LogP contribution in [0.1, 0.15) is 62.2 Å². The molecular formula is C27H28N4O4. The molecular weight excluding hydrogens is 444 g/mol. The van der Waals surface area contributed by atoms with E-state index >= 15 is 0 Å². The molecule has 0 amide bonds. The average Bonchev–Trinajstić information content (AvgIpc) is 3.52. The molecule has 1 saturated heterocycles. The van der Waals surface area contributed by atoms with Gasteiger partial charge in [0, 0.05) is 42.7 Å². The number of aliphatic hydroxyl groups is 1. The number of nitrogens with zero attached hydrogens (tertiary/aromatic N) is 4. The number of imidazole rings is 1. The topological polar surface area (TPSA) is 95.4 Å². The minimum absolute atomic E-state index is 0.176. The Kier molecular flexibility index (Phi) is 7.25. The van der Waals surface area contributed by atoms with E-state index in [0.717, 1.165) is 55.8 Å². The highest BCUT2D eigenvalue weighted by Gasteiger charge is 2.25. The molecule has 3 aromatic heterocycles. The van der Waals surface area contributed by atoms with Crippen LogP contribution in [0.4, 0.5) is 0 Å². The van der Waals surface area contributed by atoms with E-state index in [2.05, 4.69) is 38.8 Å². The molecule has 8 heteroatoms. The van der Waals surface area contributed by atoms with Crippen LogP contribution in [0, 0.1) is 29.6 Å². The van der Waals surface area contributed by atoms with Gasteiger partial charge in [0.25, 0.3) is 0 Å². The van der Waals surface area contributed by atoms with Crippen LogP contribution in [0.5, 0.6) is 0 Å². The van der Waals surface area contributed by atoms with Crippen LogP contribution in [0.3, 0.4) is 0 Å². The maximum absolute atomic E-state index is 9.29. The second kappa shape index (κ2) is 10.9. The molecule has 35 heavy (non-hydrogen) atoms. The van der Waals surface area contributed by atoms with Gasteiger partial charge >= 0.3 is 0 Å². The number of hydrogen-bond acceptors (Lipinski definition) is 7. The van der Waals surface area contributed by atoms with Gasteiger partial charge in [0.1, 0.15) is 23.3 Å². The highest BCUT2D eigenvalue weighted by molar-refractivity contribution is 5.53. The van der Waals surface area contributed by atoms with E-state index in [-0.39, 0.29) is 24.4 Å². The van der Waals surface area contributed by atoms with E-state index in [1.54, 1.807) is 12.4 Å². The van der Waals surface area contributed by atoms with Crippen molar-refractivity contribution in [2.45, 2.75) is 64.1 Å². The van der Waals surface area contributed by atoms with E-state index in [4.69, 9.17) is 14.0 Å². The van der Waals surface area contributed by atoms with Gasteiger partial charge in [0.15, 0.2) is 12.1 Å². The molecule has 0 spiro atoms. The summed E-state index contributed by atoms with van der Waals surface area (Å²) in [4.78, 5) is 8.93. The second-order valence-corrected chi connectivity index (χ2v) is 8.94. The van der Waals surface area contributed by atoms with Gasteiger partial charge in [0.2, 0.25) is 0 Å². The molecule has 2 atom stereocenters. The Hall–Kier alpha value is -3.43. The van der Waals surface area contributed by atoms with Gasteiger partial charge in [-0.25, -0.2) is 4.98 Å². The molecule has 1 aliphatic carbocycles. The predicted octanol–water partition coefficient (Wildman–Crippen LogP) is 3.71. The SMILES string of the molecule is C[C@H](O[C@H]1CCCCO1)c1nccn1Cc1cc(-c2ccc(C#CC#CC3CC(O)C3)cn2)on1. The fraction of sp³-hybridized carbons (Fsp3) is 0.444. The lowest BCUT2D eigenvalue weighted by Crippen LogP contribution is -2.26. The summed E-state index contributed by atoms with van der Waals surface area (Å²) in [6, 6.07) is 5.62. The first kappa shape index (κ1) is 23.3. The van der Waals surface area contributed by atoms with E-state index < -0.39 is 0 Å². The number of ether oxygens (including phenoxy) is 2. The first-order chi connectivity index (χ1) is 17.1.